The molecule has 1 fully saturated rings. The van der Waals surface area contributed by atoms with E-state index in [0.29, 0.717) is 5.92 Å². The van der Waals surface area contributed by atoms with Gasteiger partial charge in [0, 0.05) is 17.6 Å². The molecule has 1 unspecified atom stereocenters. The van der Waals surface area contributed by atoms with Gasteiger partial charge in [0.05, 0.1) is 11.3 Å². The maximum absolute atomic E-state index is 9.20. The van der Waals surface area contributed by atoms with E-state index in [-0.39, 0.29) is 0 Å². The third-order valence-electron chi connectivity index (χ3n) is 3.51. The van der Waals surface area contributed by atoms with Crippen LogP contribution in [0.1, 0.15) is 24.8 Å². The Kier molecular flexibility index (Phi) is 4.62. The minimum Gasteiger partial charge on any atom is -0.370 e. The molecule has 2 rings (SSSR count). The second-order valence-electron chi connectivity index (χ2n) is 4.80. The molecule has 1 heterocycles. The molecule has 0 aliphatic carbocycles. The number of nitrogens with two attached hydrogens (primary N) is 1. The molecule has 0 radical (unpaired) electrons. The van der Waals surface area contributed by atoms with E-state index < -0.39 is 0 Å². The molecule has 0 bridgehead atoms. The van der Waals surface area contributed by atoms with Crippen LogP contribution in [0, 0.1) is 17.2 Å². The van der Waals surface area contributed by atoms with E-state index in [1.807, 2.05) is 18.2 Å². The first-order valence-electron chi connectivity index (χ1n) is 6.39. The van der Waals surface area contributed by atoms with E-state index in [9.17, 15) is 5.26 Å². The molecule has 0 saturated carbocycles. The molecule has 0 amide bonds. The van der Waals surface area contributed by atoms with Crippen LogP contribution in [0.25, 0.3) is 0 Å². The molecule has 3 nitrogen and oxygen atoms in total. The van der Waals surface area contributed by atoms with E-state index in [1.165, 1.54) is 12.8 Å². The van der Waals surface area contributed by atoms with Crippen LogP contribution in [-0.2, 0) is 0 Å². The summed E-state index contributed by atoms with van der Waals surface area (Å²) in [5.41, 5.74) is 7.45. The minimum atomic E-state index is 0.661. The fourth-order valence-corrected chi connectivity index (χ4v) is 2.97. The van der Waals surface area contributed by atoms with Gasteiger partial charge in [-0.3, -0.25) is 0 Å². The summed E-state index contributed by atoms with van der Waals surface area (Å²) in [4.78, 5) is 2.33. The van der Waals surface area contributed by atoms with Crippen LogP contribution in [0.3, 0.4) is 0 Å². The normalized spacial score (nSPS) is 19.6. The Morgan fingerprint density at radius 1 is 1.50 bits per heavy atom. The Bertz CT molecular complexity index is 451. The first-order valence-corrected chi connectivity index (χ1v) is 7.18. The van der Waals surface area contributed by atoms with Gasteiger partial charge in [0.25, 0.3) is 0 Å². The summed E-state index contributed by atoms with van der Waals surface area (Å²) in [6.45, 7) is 2.80. The lowest BCUT2D eigenvalue weighted by Crippen LogP contribution is -2.36. The molecule has 4 heteroatoms. The van der Waals surface area contributed by atoms with Crippen molar-refractivity contribution in [3.05, 3.63) is 28.2 Å². The van der Waals surface area contributed by atoms with Crippen LogP contribution in [0.5, 0.6) is 0 Å². The zero-order valence-electron chi connectivity index (χ0n) is 10.4. The SMILES string of the molecule is N#Cc1ccc(Br)cc1N1CCCC(CCN)C1. The van der Waals surface area contributed by atoms with Gasteiger partial charge in [-0.25, -0.2) is 0 Å². The van der Waals surface area contributed by atoms with Crippen molar-refractivity contribution in [3.63, 3.8) is 0 Å². The lowest BCUT2D eigenvalue weighted by molar-refractivity contribution is 0.396. The fourth-order valence-electron chi connectivity index (χ4n) is 2.62. The standard InChI is InChI=1S/C14H18BrN3/c15-13-4-3-12(9-17)14(8-13)18-7-1-2-11(10-18)5-6-16/h3-4,8,11H,1-2,5-7,10,16H2. The summed E-state index contributed by atoms with van der Waals surface area (Å²) in [7, 11) is 0. The molecule has 0 aromatic heterocycles. The fraction of sp³-hybridized carbons (Fsp3) is 0.500. The van der Waals surface area contributed by atoms with Gasteiger partial charge in [-0.05, 0) is 49.9 Å². The summed E-state index contributed by atoms with van der Waals surface area (Å²) in [6.07, 6.45) is 3.51. The average Bonchev–Trinajstić information content (AvgIpc) is 2.39. The van der Waals surface area contributed by atoms with E-state index in [0.717, 1.165) is 41.8 Å². The van der Waals surface area contributed by atoms with Crippen LogP contribution in [0.2, 0.25) is 0 Å². The summed E-state index contributed by atoms with van der Waals surface area (Å²) in [5.74, 6) is 0.661. The number of nitriles is 1. The zero-order valence-corrected chi connectivity index (χ0v) is 12.0. The highest BCUT2D eigenvalue weighted by Gasteiger charge is 2.21. The quantitative estimate of drug-likeness (QED) is 0.934. The number of nitrogens with zero attached hydrogens (tertiary/aromatic N) is 2. The van der Waals surface area contributed by atoms with Crippen LogP contribution in [0.15, 0.2) is 22.7 Å². The smallest absolute Gasteiger partial charge is 0.101 e. The number of halogens is 1. The van der Waals surface area contributed by atoms with E-state index >= 15 is 0 Å². The van der Waals surface area contributed by atoms with Crippen molar-refractivity contribution in [2.75, 3.05) is 24.5 Å². The Hall–Kier alpha value is -1.05. The van der Waals surface area contributed by atoms with Crippen LogP contribution < -0.4 is 10.6 Å². The molecule has 2 N–H and O–H groups in total. The number of hydrogen-bond acceptors (Lipinski definition) is 3. The number of benzene rings is 1. The minimum absolute atomic E-state index is 0.661. The van der Waals surface area contributed by atoms with Crippen molar-refractivity contribution < 1.29 is 0 Å². The Morgan fingerprint density at radius 3 is 3.06 bits per heavy atom. The molecule has 96 valence electrons. The van der Waals surface area contributed by atoms with Crippen molar-refractivity contribution >= 4 is 21.6 Å². The van der Waals surface area contributed by atoms with Gasteiger partial charge < -0.3 is 10.6 Å². The number of hydrogen-bond donors (Lipinski definition) is 1. The molecular weight excluding hydrogens is 290 g/mol. The molecular formula is C14H18BrN3. The van der Waals surface area contributed by atoms with Crippen molar-refractivity contribution in [3.8, 4) is 6.07 Å². The third-order valence-corrected chi connectivity index (χ3v) is 4.01. The molecule has 1 saturated heterocycles. The topological polar surface area (TPSA) is 53.0 Å². The zero-order chi connectivity index (χ0) is 13.0. The van der Waals surface area contributed by atoms with E-state index in [1.54, 1.807) is 0 Å². The van der Waals surface area contributed by atoms with Gasteiger partial charge in [0.2, 0.25) is 0 Å². The van der Waals surface area contributed by atoms with Crippen molar-refractivity contribution in [2.45, 2.75) is 19.3 Å². The van der Waals surface area contributed by atoms with Crippen molar-refractivity contribution in [2.24, 2.45) is 11.7 Å². The molecule has 1 aromatic carbocycles. The van der Waals surface area contributed by atoms with Crippen LogP contribution >= 0.6 is 15.9 Å². The van der Waals surface area contributed by atoms with Gasteiger partial charge >= 0.3 is 0 Å². The highest BCUT2D eigenvalue weighted by Crippen LogP contribution is 2.29. The van der Waals surface area contributed by atoms with Gasteiger partial charge in [-0.15, -0.1) is 0 Å². The monoisotopic (exact) mass is 307 g/mol. The first kappa shape index (κ1) is 13.4. The predicted octanol–water partition coefficient (Wildman–Crippen LogP) is 2.89. The summed E-state index contributed by atoms with van der Waals surface area (Å²) >= 11 is 3.48. The number of anilines is 1. The van der Waals surface area contributed by atoms with Gasteiger partial charge in [-0.1, -0.05) is 15.9 Å². The van der Waals surface area contributed by atoms with E-state index in [4.69, 9.17) is 5.73 Å². The largest absolute Gasteiger partial charge is 0.370 e. The van der Waals surface area contributed by atoms with E-state index in [2.05, 4.69) is 26.9 Å². The predicted molar refractivity (Wildman–Crippen MR) is 77.5 cm³/mol. The second kappa shape index (κ2) is 6.21. The highest BCUT2D eigenvalue weighted by atomic mass is 79.9. The number of rotatable bonds is 3. The van der Waals surface area contributed by atoms with Crippen LogP contribution in [0.4, 0.5) is 5.69 Å². The summed E-state index contributed by atoms with van der Waals surface area (Å²) in [6, 6.07) is 8.13. The third kappa shape index (κ3) is 3.04. The van der Waals surface area contributed by atoms with Crippen molar-refractivity contribution in [1.82, 2.24) is 0 Å². The maximum Gasteiger partial charge on any atom is 0.101 e. The lowest BCUT2D eigenvalue weighted by Gasteiger charge is -2.35. The average molecular weight is 308 g/mol. The molecule has 1 aliphatic heterocycles. The molecule has 18 heavy (non-hydrogen) atoms. The Labute approximate surface area is 117 Å². The van der Waals surface area contributed by atoms with Crippen LogP contribution in [-0.4, -0.2) is 19.6 Å². The maximum atomic E-state index is 9.20. The van der Waals surface area contributed by atoms with Gasteiger partial charge in [-0.2, -0.15) is 5.26 Å². The molecule has 1 aliphatic rings. The Morgan fingerprint density at radius 2 is 2.33 bits per heavy atom. The van der Waals surface area contributed by atoms with Gasteiger partial charge in [0.15, 0.2) is 0 Å². The first-order chi connectivity index (χ1) is 8.74. The van der Waals surface area contributed by atoms with Gasteiger partial charge in [0.1, 0.15) is 6.07 Å². The molecule has 0 spiro atoms. The summed E-state index contributed by atoms with van der Waals surface area (Å²) < 4.78 is 1.03. The molecule has 1 atom stereocenters. The lowest BCUT2D eigenvalue weighted by atomic mass is 9.94. The second-order valence-corrected chi connectivity index (χ2v) is 5.72. The highest BCUT2D eigenvalue weighted by molar-refractivity contribution is 9.10. The number of piperidine rings is 1. The molecule has 1 aromatic rings. The van der Waals surface area contributed by atoms with Crippen molar-refractivity contribution in [1.29, 1.82) is 5.26 Å². The Balaban J connectivity index is 2.20. The summed E-state index contributed by atoms with van der Waals surface area (Å²) in [5, 5.41) is 9.20.